The monoisotopic (exact) mass is 903 g/mol. The van der Waals surface area contributed by atoms with Crippen molar-refractivity contribution in [1.82, 2.24) is 38.8 Å². The molecule has 3 N–H and O–H groups in total. The molecule has 3 fully saturated rings. The predicted octanol–water partition coefficient (Wildman–Crippen LogP) is 5.74. The minimum atomic E-state index is -4.26. The molecule has 0 spiro atoms. The lowest BCUT2D eigenvalue weighted by molar-refractivity contribution is -0.136. The zero-order chi connectivity index (χ0) is 45.5. The van der Waals surface area contributed by atoms with Gasteiger partial charge in [-0.25, -0.2) is 9.78 Å². The summed E-state index contributed by atoms with van der Waals surface area (Å²) in [6.45, 7) is 7.91. The summed E-state index contributed by atoms with van der Waals surface area (Å²) in [4.78, 5) is 51.1. The van der Waals surface area contributed by atoms with Gasteiger partial charge in [-0.2, -0.15) is 18.2 Å². The van der Waals surface area contributed by atoms with Crippen molar-refractivity contribution in [2.45, 2.75) is 95.1 Å². The Morgan fingerprint density at radius 1 is 0.862 bits per heavy atom. The van der Waals surface area contributed by atoms with Gasteiger partial charge in [-0.1, -0.05) is 30.3 Å². The van der Waals surface area contributed by atoms with E-state index in [1.807, 2.05) is 18.2 Å². The van der Waals surface area contributed by atoms with E-state index in [0.29, 0.717) is 56.9 Å². The minimum absolute atomic E-state index is 0.133. The van der Waals surface area contributed by atoms with Gasteiger partial charge >= 0.3 is 11.9 Å². The number of hydrogen-bond acceptors (Lipinski definition) is 11. The van der Waals surface area contributed by atoms with Crippen LogP contribution in [0, 0.1) is 0 Å². The fraction of sp³-hybridized carbons (Fsp3) is 0.553. The third-order valence-corrected chi connectivity index (χ3v) is 13.0. The third-order valence-electron chi connectivity index (χ3n) is 13.0. The largest absolute Gasteiger partial charge is 0.393 e. The Morgan fingerprint density at radius 3 is 2.31 bits per heavy atom. The van der Waals surface area contributed by atoms with Gasteiger partial charge in [0.2, 0.25) is 17.8 Å². The molecule has 5 heterocycles. The summed E-state index contributed by atoms with van der Waals surface area (Å²) in [6.07, 6.45) is 4.20. The fourth-order valence-corrected chi connectivity index (χ4v) is 9.33. The van der Waals surface area contributed by atoms with Crippen molar-refractivity contribution in [2.24, 2.45) is 7.05 Å². The molecular weight excluding hydrogens is 844 g/mol. The zero-order valence-corrected chi connectivity index (χ0v) is 37.0. The number of halogens is 3. The Balaban J connectivity index is 0.721. The lowest BCUT2D eigenvalue weighted by Crippen LogP contribution is -2.46. The first kappa shape index (κ1) is 46.4. The number of piperidine rings is 1. The average molecular weight is 904 g/mol. The van der Waals surface area contributed by atoms with E-state index in [-0.39, 0.29) is 42.7 Å². The summed E-state index contributed by atoms with van der Waals surface area (Å²) in [5, 5.41) is 16.1. The Bertz CT molecular complexity index is 2470. The molecule has 0 bridgehead atoms. The van der Waals surface area contributed by atoms with Crippen LogP contribution in [0.5, 0.6) is 0 Å². The summed E-state index contributed by atoms with van der Waals surface area (Å²) < 4.78 is 55.3. The molecule has 2 amide bonds. The number of aliphatic hydroxyl groups excluding tert-OH is 1. The van der Waals surface area contributed by atoms with E-state index in [4.69, 9.17) is 9.47 Å². The van der Waals surface area contributed by atoms with Gasteiger partial charge in [0.15, 0.2) is 0 Å². The number of imidazole rings is 1. The van der Waals surface area contributed by atoms with Crippen molar-refractivity contribution in [3.05, 3.63) is 76.5 Å². The number of amides is 2. The van der Waals surface area contributed by atoms with E-state index in [0.717, 1.165) is 99.0 Å². The van der Waals surface area contributed by atoms with Gasteiger partial charge in [0.25, 0.3) is 0 Å². The SMILES string of the molecule is Cn1c(=O)n([C@H]2CCC(=O)NC2=O)c2ccc(CCCOCCCOCCN3CCN(Cc4ccc(-c5cn(C6CCC(O)CC6)c6nc(NCCC(F)(F)F)ncc56)cc4)CC3)cc21. The smallest absolute Gasteiger partial charge is 0.390 e. The van der Waals surface area contributed by atoms with Crippen molar-refractivity contribution in [3.63, 3.8) is 0 Å². The van der Waals surface area contributed by atoms with Gasteiger partial charge in [0.05, 0.1) is 30.2 Å². The topological polar surface area (TPSA) is 161 Å². The van der Waals surface area contributed by atoms with E-state index in [1.54, 1.807) is 17.8 Å². The molecule has 2 aliphatic heterocycles. The lowest BCUT2D eigenvalue weighted by Gasteiger charge is -2.34. The van der Waals surface area contributed by atoms with Gasteiger partial charge in [0.1, 0.15) is 11.7 Å². The van der Waals surface area contributed by atoms with Crippen LogP contribution in [-0.4, -0.2) is 128 Å². The highest BCUT2D eigenvalue weighted by molar-refractivity contribution is 6.00. The van der Waals surface area contributed by atoms with Gasteiger partial charge in [-0.15, -0.1) is 0 Å². The summed E-state index contributed by atoms with van der Waals surface area (Å²) >= 11 is 0. The Kier molecular flexibility index (Phi) is 15.0. The van der Waals surface area contributed by atoms with Gasteiger partial charge in [-0.3, -0.25) is 33.8 Å². The number of aryl methyl sites for hydroxylation is 2. The summed E-state index contributed by atoms with van der Waals surface area (Å²) in [5.41, 5.74) is 6.16. The first-order valence-electron chi connectivity index (χ1n) is 23.0. The normalized spacial score (nSPS) is 20.2. The molecule has 3 aliphatic rings. The van der Waals surface area contributed by atoms with Gasteiger partial charge in [-0.05, 0) is 80.2 Å². The van der Waals surface area contributed by atoms with Crippen molar-refractivity contribution in [2.75, 3.05) is 71.0 Å². The third kappa shape index (κ3) is 11.6. The molecular formula is C47H60F3N9O6. The number of piperazine rings is 1. The summed E-state index contributed by atoms with van der Waals surface area (Å²) in [6, 6.07) is 13.9. The number of rotatable bonds is 19. The van der Waals surface area contributed by atoms with Crippen LogP contribution < -0.4 is 16.3 Å². The van der Waals surface area contributed by atoms with Gasteiger partial charge < -0.3 is 24.5 Å². The van der Waals surface area contributed by atoms with Crippen LogP contribution in [0.3, 0.4) is 0 Å². The highest BCUT2D eigenvalue weighted by Crippen LogP contribution is 2.37. The predicted molar refractivity (Wildman–Crippen MR) is 241 cm³/mol. The second-order valence-electron chi connectivity index (χ2n) is 17.6. The fourth-order valence-electron chi connectivity index (χ4n) is 9.33. The Labute approximate surface area is 375 Å². The molecule has 8 rings (SSSR count). The van der Waals surface area contributed by atoms with Crippen molar-refractivity contribution < 1.29 is 37.3 Å². The van der Waals surface area contributed by atoms with Crippen molar-refractivity contribution in [1.29, 1.82) is 0 Å². The molecule has 350 valence electrons. The summed E-state index contributed by atoms with van der Waals surface area (Å²) in [7, 11) is 1.70. The van der Waals surface area contributed by atoms with Crippen LogP contribution in [0.25, 0.3) is 33.2 Å². The quantitative estimate of drug-likeness (QED) is 0.0685. The van der Waals surface area contributed by atoms with Crippen LogP contribution in [0.1, 0.15) is 81.0 Å². The minimum Gasteiger partial charge on any atom is -0.393 e. The van der Waals surface area contributed by atoms with Crippen LogP contribution in [0.15, 0.2) is 59.7 Å². The number of carbonyl (C=O) groups is 2. The number of anilines is 1. The van der Waals surface area contributed by atoms with Crippen LogP contribution in [0.4, 0.5) is 19.1 Å². The highest BCUT2D eigenvalue weighted by Gasteiger charge is 2.32. The lowest BCUT2D eigenvalue weighted by atomic mass is 9.93. The van der Waals surface area contributed by atoms with Crippen LogP contribution >= 0.6 is 0 Å². The number of ether oxygens (including phenoxy) is 2. The second kappa shape index (κ2) is 21.0. The number of benzene rings is 2. The molecule has 5 aromatic rings. The molecule has 1 atom stereocenters. The van der Waals surface area contributed by atoms with E-state index < -0.39 is 24.5 Å². The molecule has 3 aromatic heterocycles. The van der Waals surface area contributed by atoms with E-state index in [9.17, 15) is 32.7 Å². The Hall–Kier alpha value is -5.14. The first-order valence-corrected chi connectivity index (χ1v) is 23.0. The average Bonchev–Trinajstić information content (AvgIpc) is 3.78. The Morgan fingerprint density at radius 2 is 1.57 bits per heavy atom. The number of aliphatic hydroxyl groups is 1. The first-order chi connectivity index (χ1) is 31.4. The highest BCUT2D eigenvalue weighted by atomic mass is 19.4. The number of imide groups is 1. The molecule has 2 saturated heterocycles. The summed E-state index contributed by atoms with van der Waals surface area (Å²) in [5.74, 6) is -0.575. The molecule has 65 heavy (non-hydrogen) atoms. The van der Waals surface area contributed by atoms with E-state index >= 15 is 0 Å². The maximum atomic E-state index is 13.0. The van der Waals surface area contributed by atoms with Gasteiger partial charge in [0, 0.05) is 108 Å². The zero-order valence-electron chi connectivity index (χ0n) is 37.0. The number of fused-ring (bicyclic) bond motifs is 2. The van der Waals surface area contributed by atoms with Crippen LogP contribution in [0.2, 0.25) is 0 Å². The standard InChI is InChI=1S/C47H60F3N9O6/c1-55-41-28-32(7-14-39(41)59(46(55)63)40-15-16-42(61)53-44(40)62)4-2-24-64-25-3-26-65-27-23-56-19-21-57(22-20-56)30-33-5-8-34(9-6-33)38-31-58(35-10-12-36(60)13-11-35)43-37(38)29-52-45(54-43)51-18-17-47(48,49)50/h5-9,14,28-29,31,35-36,40,60H,2-4,10-13,15-27,30H2,1H3,(H,51,52,54)(H,53,61,62)/t35?,36?,40-/m0/s1. The number of nitrogens with one attached hydrogen (secondary N) is 2. The molecule has 0 unspecified atom stereocenters. The van der Waals surface area contributed by atoms with Crippen molar-refractivity contribution in [3.8, 4) is 11.1 Å². The number of hydrogen-bond donors (Lipinski definition) is 3. The number of aromatic nitrogens is 5. The molecule has 2 aromatic carbocycles. The van der Waals surface area contributed by atoms with Crippen molar-refractivity contribution >= 4 is 39.8 Å². The number of carbonyl (C=O) groups excluding carboxylic acids is 2. The molecule has 1 aliphatic carbocycles. The van der Waals surface area contributed by atoms with Crippen LogP contribution in [-0.2, 0) is 39.1 Å². The molecule has 0 radical (unpaired) electrons. The molecule has 15 nitrogen and oxygen atoms in total. The maximum Gasteiger partial charge on any atom is 0.390 e. The second-order valence-corrected chi connectivity index (χ2v) is 17.6. The maximum absolute atomic E-state index is 13.0. The number of nitrogens with zero attached hydrogens (tertiary/aromatic N) is 7. The van der Waals surface area contributed by atoms with E-state index in [1.165, 1.54) is 10.1 Å². The molecule has 18 heteroatoms. The van der Waals surface area contributed by atoms with E-state index in [2.05, 4.69) is 65.4 Å². The molecule has 1 saturated carbocycles. The number of alkyl halides is 3.